The van der Waals surface area contributed by atoms with Crippen molar-refractivity contribution in [1.29, 1.82) is 0 Å². The molecule has 10 heteroatoms. The molecule has 3 rings (SSSR count). The predicted molar refractivity (Wildman–Crippen MR) is 93.3 cm³/mol. The Bertz CT molecular complexity index is 1070. The first-order chi connectivity index (χ1) is 12.4. The van der Waals surface area contributed by atoms with Crippen LogP contribution in [0.3, 0.4) is 0 Å². The normalized spacial score (nSPS) is 11.4. The van der Waals surface area contributed by atoms with Crippen molar-refractivity contribution < 1.29 is 17.6 Å². The lowest BCUT2D eigenvalue weighted by Crippen LogP contribution is -2.34. The van der Waals surface area contributed by atoms with Gasteiger partial charge in [-0.25, -0.2) is 13.2 Å². The molecule has 0 atom stereocenters. The van der Waals surface area contributed by atoms with Crippen LogP contribution in [0, 0.1) is 0 Å². The molecule has 136 valence electrons. The van der Waals surface area contributed by atoms with Crippen molar-refractivity contribution in [3.05, 3.63) is 76.3 Å². The van der Waals surface area contributed by atoms with Crippen molar-refractivity contribution in [2.24, 2.45) is 0 Å². The zero-order chi connectivity index (χ0) is 18.7. The van der Waals surface area contributed by atoms with Gasteiger partial charge in [0.1, 0.15) is 12.3 Å². The van der Waals surface area contributed by atoms with Gasteiger partial charge in [-0.2, -0.15) is 3.97 Å². The molecule has 0 aliphatic rings. The smallest absolute Gasteiger partial charge is 0.342 e. The topological polar surface area (TPSA) is 103 Å². The summed E-state index contributed by atoms with van der Waals surface area (Å²) in [5, 5.41) is 2.96. The standard InChI is InChI=1S/C16H14ClN3O5S/c17-12-3-5-14(6-4-12)26(23,24)20-8-7-19(16(20)22)11-15(21)18-10-13-2-1-9-25-13/h1-9H,10-11H2,(H,18,21). The summed E-state index contributed by atoms with van der Waals surface area (Å²) in [7, 11) is -4.07. The van der Waals surface area contributed by atoms with Crippen LogP contribution in [0.25, 0.3) is 0 Å². The number of hydrogen-bond donors (Lipinski definition) is 1. The summed E-state index contributed by atoms with van der Waals surface area (Å²) in [6, 6.07) is 8.82. The van der Waals surface area contributed by atoms with Crippen LogP contribution in [0.4, 0.5) is 0 Å². The fraction of sp³-hybridized carbons (Fsp3) is 0.125. The van der Waals surface area contributed by atoms with Gasteiger partial charge in [0.2, 0.25) is 5.91 Å². The largest absolute Gasteiger partial charge is 0.467 e. The van der Waals surface area contributed by atoms with E-state index in [2.05, 4.69) is 5.32 Å². The Morgan fingerprint density at radius 2 is 1.88 bits per heavy atom. The van der Waals surface area contributed by atoms with Crippen LogP contribution in [0.2, 0.25) is 5.02 Å². The van der Waals surface area contributed by atoms with Gasteiger partial charge in [-0.15, -0.1) is 0 Å². The number of nitrogens with zero attached hydrogens (tertiary/aromatic N) is 2. The van der Waals surface area contributed by atoms with E-state index in [0.717, 1.165) is 10.8 Å². The molecule has 26 heavy (non-hydrogen) atoms. The van der Waals surface area contributed by atoms with E-state index < -0.39 is 21.6 Å². The van der Waals surface area contributed by atoms with E-state index >= 15 is 0 Å². The predicted octanol–water partition coefficient (Wildman–Crippen LogP) is 1.45. The van der Waals surface area contributed by atoms with Crippen molar-refractivity contribution >= 4 is 27.5 Å². The molecule has 0 unspecified atom stereocenters. The average molecular weight is 396 g/mol. The quantitative estimate of drug-likeness (QED) is 0.680. The Morgan fingerprint density at radius 3 is 2.54 bits per heavy atom. The summed E-state index contributed by atoms with van der Waals surface area (Å²) >= 11 is 5.75. The van der Waals surface area contributed by atoms with Crippen LogP contribution in [0.5, 0.6) is 0 Å². The first-order valence-electron chi connectivity index (χ1n) is 7.46. The molecule has 0 radical (unpaired) electrons. The molecule has 1 N–H and O–H groups in total. The maximum atomic E-state index is 12.5. The number of aromatic nitrogens is 2. The van der Waals surface area contributed by atoms with Crippen molar-refractivity contribution in [2.45, 2.75) is 18.0 Å². The molecule has 0 aliphatic carbocycles. The van der Waals surface area contributed by atoms with Gasteiger partial charge in [0.05, 0.1) is 17.7 Å². The Labute approximate surface area is 153 Å². The monoisotopic (exact) mass is 395 g/mol. The molecule has 2 heterocycles. The van der Waals surface area contributed by atoms with Crippen LogP contribution in [-0.2, 0) is 27.9 Å². The maximum absolute atomic E-state index is 12.5. The minimum absolute atomic E-state index is 0.0796. The Hall–Kier alpha value is -2.78. The number of furan rings is 1. The van der Waals surface area contributed by atoms with Gasteiger partial charge >= 0.3 is 5.69 Å². The molecule has 0 fully saturated rings. The summed E-state index contributed by atoms with van der Waals surface area (Å²) in [5.41, 5.74) is -0.840. The Kier molecular flexibility index (Phi) is 5.01. The van der Waals surface area contributed by atoms with Crippen molar-refractivity contribution in [3.63, 3.8) is 0 Å². The van der Waals surface area contributed by atoms with E-state index in [1.807, 2.05) is 0 Å². The SMILES string of the molecule is O=C(Cn1ccn(S(=O)(=O)c2ccc(Cl)cc2)c1=O)NCc1ccco1. The molecule has 1 aromatic carbocycles. The van der Waals surface area contributed by atoms with Gasteiger partial charge in [0.15, 0.2) is 0 Å². The highest BCUT2D eigenvalue weighted by atomic mass is 35.5. The number of hydrogen-bond acceptors (Lipinski definition) is 5. The molecular weight excluding hydrogens is 382 g/mol. The lowest BCUT2D eigenvalue weighted by atomic mass is 10.4. The zero-order valence-corrected chi connectivity index (χ0v) is 14.9. The fourth-order valence-electron chi connectivity index (χ4n) is 2.23. The van der Waals surface area contributed by atoms with E-state index in [-0.39, 0.29) is 18.0 Å². The molecule has 1 amide bonds. The third-order valence-electron chi connectivity index (χ3n) is 3.54. The number of benzene rings is 1. The number of rotatable bonds is 6. The molecule has 0 aliphatic heterocycles. The maximum Gasteiger partial charge on any atom is 0.342 e. The number of halogens is 1. The van der Waals surface area contributed by atoms with Gasteiger partial charge in [0.25, 0.3) is 10.0 Å². The second-order valence-electron chi connectivity index (χ2n) is 5.32. The highest BCUT2D eigenvalue weighted by Crippen LogP contribution is 2.15. The summed E-state index contributed by atoms with van der Waals surface area (Å²) < 4.78 is 31.8. The van der Waals surface area contributed by atoms with Gasteiger partial charge in [-0.3, -0.25) is 9.36 Å². The molecular formula is C16H14ClN3O5S. The summed E-state index contributed by atoms with van der Waals surface area (Å²) in [6.45, 7) is -0.146. The van der Waals surface area contributed by atoms with Gasteiger partial charge in [-0.1, -0.05) is 11.6 Å². The molecule has 0 saturated carbocycles. The molecule has 0 bridgehead atoms. The van der Waals surface area contributed by atoms with Crippen LogP contribution < -0.4 is 11.0 Å². The number of nitrogens with one attached hydrogen (secondary N) is 1. The molecule has 0 spiro atoms. The highest BCUT2D eigenvalue weighted by molar-refractivity contribution is 7.90. The fourth-order valence-corrected chi connectivity index (χ4v) is 3.59. The molecule has 2 aromatic heterocycles. The van der Waals surface area contributed by atoms with Gasteiger partial charge < -0.3 is 9.73 Å². The van der Waals surface area contributed by atoms with Crippen LogP contribution >= 0.6 is 11.6 Å². The number of carbonyl (C=O) groups excluding carboxylic acids is 1. The molecule has 3 aromatic rings. The van der Waals surface area contributed by atoms with Gasteiger partial charge in [0, 0.05) is 17.4 Å². The summed E-state index contributed by atoms with van der Waals surface area (Å²) in [5.74, 6) is 0.110. The third-order valence-corrected chi connectivity index (χ3v) is 5.46. The second kappa shape index (κ2) is 7.22. The van der Waals surface area contributed by atoms with Gasteiger partial charge in [-0.05, 0) is 36.4 Å². The van der Waals surface area contributed by atoms with E-state index in [4.69, 9.17) is 16.0 Å². The average Bonchev–Trinajstić information content (AvgIpc) is 3.24. The highest BCUT2D eigenvalue weighted by Gasteiger charge is 2.21. The Balaban J connectivity index is 1.76. The molecule has 8 nitrogen and oxygen atoms in total. The minimum Gasteiger partial charge on any atom is -0.467 e. The molecule has 0 saturated heterocycles. The van der Waals surface area contributed by atoms with Crippen molar-refractivity contribution in [3.8, 4) is 0 Å². The van der Waals surface area contributed by atoms with Crippen LogP contribution in [-0.4, -0.2) is 22.9 Å². The summed E-state index contributed by atoms with van der Waals surface area (Å²) in [4.78, 5) is 24.2. The Morgan fingerprint density at radius 1 is 1.15 bits per heavy atom. The lowest BCUT2D eigenvalue weighted by molar-refractivity contribution is -0.121. The third kappa shape index (κ3) is 3.73. The minimum atomic E-state index is -4.07. The lowest BCUT2D eigenvalue weighted by Gasteiger charge is -2.05. The van der Waals surface area contributed by atoms with E-state index in [1.165, 1.54) is 36.7 Å². The first-order valence-corrected chi connectivity index (χ1v) is 9.28. The number of imidazole rings is 1. The second-order valence-corrected chi connectivity index (χ2v) is 7.57. The van der Waals surface area contributed by atoms with Crippen molar-refractivity contribution in [1.82, 2.24) is 13.9 Å². The zero-order valence-electron chi connectivity index (χ0n) is 13.3. The van der Waals surface area contributed by atoms with E-state index in [9.17, 15) is 18.0 Å². The summed E-state index contributed by atoms with van der Waals surface area (Å²) in [6.07, 6.45) is 3.82. The van der Waals surface area contributed by atoms with Crippen molar-refractivity contribution in [2.75, 3.05) is 0 Å². The first kappa shape index (κ1) is 18.0. The van der Waals surface area contributed by atoms with Crippen LogP contribution in [0.15, 0.2) is 69.2 Å². The number of carbonyl (C=O) groups is 1. The van der Waals surface area contributed by atoms with E-state index in [0.29, 0.717) is 14.8 Å². The van der Waals surface area contributed by atoms with E-state index in [1.54, 1.807) is 12.1 Å². The van der Waals surface area contributed by atoms with Crippen LogP contribution in [0.1, 0.15) is 5.76 Å². The number of amides is 1.